The number of anilines is 1. The summed E-state index contributed by atoms with van der Waals surface area (Å²) in [5, 5.41) is 9.75. The zero-order valence-electron chi connectivity index (χ0n) is 16.0. The Kier molecular flexibility index (Phi) is 5.04. The van der Waals surface area contributed by atoms with E-state index in [-0.39, 0.29) is 11.9 Å². The van der Waals surface area contributed by atoms with Gasteiger partial charge in [0.25, 0.3) is 5.91 Å². The molecule has 2 N–H and O–H groups in total. The minimum Gasteiger partial charge on any atom is -0.497 e. The van der Waals surface area contributed by atoms with Crippen LogP contribution >= 0.6 is 11.3 Å². The van der Waals surface area contributed by atoms with Gasteiger partial charge in [-0.3, -0.25) is 15.2 Å². The molecule has 0 aliphatic heterocycles. The number of H-pyrrole nitrogens is 1. The minimum atomic E-state index is -0.181. The van der Waals surface area contributed by atoms with Crippen molar-refractivity contribution >= 4 is 23.2 Å². The summed E-state index contributed by atoms with van der Waals surface area (Å²) in [5.41, 5.74) is 2.03. The fourth-order valence-electron chi connectivity index (χ4n) is 3.41. The van der Waals surface area contributed by atoms with E-state index in [2.05, 4.69) is 27.4 Å². The number of aromatic amines is 1. The summed E-state index contributed by atoms with van der Waals surface area (Å²) in [7, 11) is 3.18. The number of thiophene rings is 1. The predicted molar refractivity (Wildman–Crippen MR) is 108 cm³/mol. The van der Waals surface area contributed by atoms with Gasteiger partial charge in [-0.25, -0.2) is 0 Å². The lowest BCUT2D eigenvalue weighted by atomic mass is 9.90. The number of nitrogens with one attached hydrogen (secondary N) is 2. The first-order chi connectivity index (χ1) is 13.6. The van der Waals surface area contributed by atoms with Crippen LogP contribution in [0.4, 0.5) is 5.95 Å². The predicted octanol–water partition coefficient (Wildman–Crippen LogP) is 3.93. The molecular weight excluding hydrogens is 376 g/mol. The molecule has 1 amide bonds. The van der Waals surface area contributed by atoms with Gasteiger partial charge in [0.15, 0.2) is 5.82 Å². The van der Waals surface area contributed by atoms with Gasteiger partial charge in [0.05, 0.1) is 24.7 Å². The second-order valence-electron chi connectivity index (χ2n) is 6.93. The van der Waals surface area contributed by atoms with Crippen LogP contribution in [0.5, 0.6) is 11.5 Å². The number of ether oxygens (including phenoxy) is 2. The molecule has 28 heavy (non-hydrogen) atoms. The third kappa shape index (κ3) is 3.60. The second-order valence-corrected chi connectivity index (χ2v) is 8.07. The lowest BCUT2D eigenvalue weighted by molar-refractivity contribution is 0.102. The van der Waals surface area contributed by atoms with Crippen molar-refractivity contribution in [1.29, 1.82) is 0 Å². The molecule has 8 heteroatoms. The minimum absolute atomic E-state index is 0.181. The van der Waals surface area contributed by atoms with Gasteiger partial charge in [-0.05, 0) is 48.9 Å². The summed E-state index contributed by atoms with van der Waals surface area (Å²) >= 11 is 1.57. The number of benzene rings is 1. The molecule has 0 saturated carbocycles. The number of rotatable bonds is 5. The van der Waals surface area contributed by atoms with Gasteiger partial charge in [0.1, 0.15) is 11.5 Å². The molecule has 7 nitrogen and oxygen atoms in total. The zero-order valence-corrected chi connectivity index (χ0v) is 16.9. The van der Waals surface area contributed by atoms with Gasteiger partial charge >= 0.3 is 0 Å². The summed E-state index contributed by atoms with van der Waals surface area (Å²) in [4.78, 5) is 19.0. The molecule has 2 heterocycles. The quantitative estimate of drug-likeness (QED) is 0.680. The number of amides is 1. The normalized spacial score (nSPS) is 15.8. The monoisotopic (exact) mass is 398 g/mol. The van der Waals surface area contributed by atoms with E-state index >= 15 is 0 Å². The fourth-order valence-corrected chi connectivity index (χ4v) is 4.52. The van der Waals surface area contributed by atoms with Crippen molar-refractivity contribution in [3.63, 3.8) is 0 Å². The highest BCUT2D eigenvalue weighted by Gasteiger charge is 2.21. The molecule has 146 valence electrons. The number of aromatic nitrogens is 3. The summed E-state index contributed by atoms with van der Waals surface area (Å²) in [6, 6.07) is 7.42. The number of hydrogen-bond acceptors (Lipinski definition) is 6. The molecule has 4 rings (SSSR count). The van der Waals surface area contributed by atoms with Gasteiger partial charge in [-0.2, -0.15) is 4.98 Å². The summed E-state index contributed by atoms with van der Waals surface area (Å²) in [6.07, 6.45) is 3.28. The number of hydrogen-bond donors (Lipinski definition) is 2. The maximum Gasteiger partial charge on any atom is 0.268 e. The van der Waals surface area contributed by atoms with Crippen LogP contribution in [-0.2, 0) is 12.8 Å². The van der Waals surface area contributed by atoms with Crippen LogP contribution < -0.4 is 14.8 Å². The standard InChI is InChI=1S/C20H22N4O3S/c1-11-4-7-16-12(8-11)9-17(28-16)19(25)22-20-21-18(23-24-20)14-6-5-13(26-2)10-15(14)27-3/h5-6,9-11H,4,7-8H2,1-3H3,(H2,21,22,23,24,25). The van der Waals surface area contributed by atoms with E-state index < -0.39 is 0 Å². The number of methoxy groups -OCH3 is 2. The van der Waals surface area contributed by atoms with E-state index in [1.54, 1.807) is 31.6 Å². The third-order valence-electron chi connectivity index (χ3n) is 4.93. The topological polar surface area (TPSA) is 89.1 Å². The third-order valence-corrected chi connectivity index (χ3v) is 6.16. The van der Waals surface area contributed by atoms with Gasteiger partial charge in [-0.15, -0.1) is 16.4 Å². The Bertz CT molecular complexity index is 1010. The highest BCUT2D eigenvalue weighted by molar-refractivity contribution is 7.14. The number of carbonyl (C=O) groups excluding carboxylic acids is 1. The number of nitrogens with zero attached hydrogens (tertiary/aromatic N) is 2. The number of carbonyl (C=O) groups is 1. The van der Waals surface area contributed by atoms with Crippen LogP contribution in [0.25, 0.3) is 11.4 Å². The van der Waals surface area contributed by atoms with Crippen molar-refractivity contribution < 1.29 is 14.3 Å². The van der Waals surface area contributed by atoms with Crippen molar-refractivity contribution in [3.05, 3.63) is 39.6 Å². The second kappa shape index (κ2) is 7.63. The Labute approximate surface area is 167 Å². The molecule has 0 radical (unpaired) electrons. The van der Waals surface area contributed by atoms with Gasteiger partial charge in [-0.1, -0.05) is 6.92 Å². The maximum absolute atomic E-state index is 12.6. The van der Waals surface area contributed by atoms with Crippen molar-refractivity contribution in [1.82, 2.24) is 15.2 Å². The lowest BCUT2D eigenvalue weighted by Gasteiger charge is -2.16. The van der Waals surface area contributed by atoms with Crippen molar-refractivity contribution in [2.75, 3.05) is 19.5 Å². The van der Waals surface area contributed by atoms with E-state index in [1.165, 1.54) is 16.9 Å². The van der Waals surface area contributed by atoms with Crippen LogP contribution in [0, 0.1) is 5.92 Å². The molecule has 1 aliphatic rings. The summed E-state index contributed by atoms with van der Waals surface area (Å²) in [5.74, 6) is 2.53. The molecule has 1 unspecified atom stereocenters. The molecule has 0 saturated heterocycles. The van der Waals surface area contributed by atoms with E-state index in [1.807, 2.05) is 18.2 Å². The van der Waals surface area contributed by atoms with E-state index in [4.69, 9.17) is 9.47 Å². The molecule has 0 bridgehead atoms. The average Bonchev–Trinajstić information content (AvgIpc) is 3.34. The molecular formula is C20H22N4O3S. The highest BCUT2D eigenvalue weighted by Crippen LogP contribution is 2.33. The zero-order chi connectivity index (χ0) is 19.7. The van der Waals surface area contributed by atoms with Crippen molar-refractivity contribution in [2.24, 2.45) is 5.92 Å². The van der Waals surface area contributed by atoms with Crippen LogP contribution in [0.1, 0.15) is 33.5 Å². The Hall–Kier alpha value is -2.87. The molecule has 0 spiro atoms. The van der Waals surface area contributed by atoms with Gasteiger partial charge < -0.3 is 9.47 Å². The van der Waals surface area contributed by atoms with Crippen LogP contribution in [-0.4, -0.2) is 35.3 Å². The highest BCUT2D eigenvalue weighted by atomic mass is 32.1. The summed E-state index contributed by atoms with van der Waals surface area (Å²) < 4.78 is 10.6. The van der Waals surface area contributed by atoms with Crippen molar-refractivity contribution in [2.45, 2.75) is 26.2 Å². The maximum atomic E-state index is 12.6. The first-order valence-electron chi connectivity index (χ1n) is 9.15. The van der Waals surface area contributed by atoms with Crippen LogP contribution in [0.15, 0.2) is 24.3 Å². The molecule has 3 aromatic rings. The molecule has 1 aliphatic carbocycles. The Morgan fingerprint density at radius 1 is 1.29 bits per heavy atom. The SMILES string of the molecule is COc1ccc(-c2nc(NC(=O)c3cc4c(s3)CCC(C)C4)n[nH]2)c(OC)c1. The molecule has 2 aromatic heterocycles. The Balaban J connectivity index is 1.52. The largest absolute Gasteiger partial charge is 0.497 e. The van der Waals surface area contributed by atoms with Crippen LogP contribution in [0.2, 0.25) is 0 Å². The fraction of sp³-hybridized carbons (Fsp3) is 0.350. The molecule has 1 aromatic carbocycles. The smallest absolute Gasteiger partial charge is 0.268 e. The summed E-state index contributed by atoms with van der Waals surface area (Å²) in [6.45, 7) is 2.25. The van der Waals surface area contributed by atoms with Crippen LogP contribution in [0.3, 0.4) is 0 Å². The van der Waals surface area contributed by atoms with Crippen molar-refractivity contribution in [3.8, 4) is 22.9 Å². The average molecular weight is 398 g/mol. The lowest BCUT2D eigenvalue weighted by Crippen LogP contribution is -2.11. The Morgan fingerprint density at radius 2 is 2.14 bits per heavy atom. The first-order valence-corrected chi connectivity index (χ1v) is 9.96. The van der Waals surface area contributed by atoms with E-state index in [0.29, 0.717) is 28.1 Å². The number of fused-ring (bicyclic) bond motifs is 1. The molecule has 1 atom stereocenters. The first kappa shape index (κ1) is 18.5. The van der Waals surface area contributed by atoms with E-state index in [9.17, 15) is 4.79 Å². The number of aryl methyl sites for hydroxylation is 1. The molecule has 0 fully saturated rings. The van der Waals surface area contributed by atoms with Gasteiger partial charge in [0.2, 0.25) is 5.95 Å². The van der Waals surface area contributed by atoms with E-state index in [0.717, 1.165) is 18.4 Å². The Morgan fingerprint density at radius 3 is 2.93 bits per heavy atom. The van der Waals surface area contributed by atoms with Gasteiger partial charge in [0, 0.05) is 10.9 Å².